The van der Waals surface area contributed by atoms with Crippen molar-refractivity contribution in [3.63, 3.8) is 0 Å². The van der Waals surface area contributed by atoms with Crippen molar-refractivity contribution in [2.45, 2.75) is 0 Å². The molecule has 0 N–H and O–H groups in total. The maximum absolute atomic E-state index is 6.15. The predicted octanol–water partition coefficient (Wildman–Crippen LogP) is 3.05. The van der Waals surface area contributed by atoms with Crippen molar-refractivity contribution < 1.29 is 9.47 Å². The number of ether oxygens (including phenoxy) is 2. The second-order valence-corrected chi connectivity index (χ2v) is 5.28. The van der Waals surface area contributed by atoms with Crippen molar-refractivity contribution in [2.75, 3.05) is 14.2 Å². The summed E-state index contributed by atoms with van der Waals surface area (Å²) >= 11 is 12.0. The minimum atomic E-state index is 0.281. The van der Waals surface area contributed by atoms with Crippen LogP contribution in [-0.2, 0) is 0 Å². The number of rotatable bonds is 4. The van der Waals surface area contributed by atoms with Crippen LogP contribution in [0.3, 0.4) is 0 Å². The van der Waals surface area contributed by atoms with E-state index in [0.29, 0.717) is 28.0 Å². The Kier molecular flexibility index (Phi) is 4.31. The van der Waals surface area contributed by atoms with E-state index in [0.717, 1.165) is 5.56 Å². The van der Waals surface area contributed by atoms with Gasteiger partial charge in [0.2, 0.25) is 11.8 Å². The summed E-state index contributed by atoms with van der Waals surface area (Å²) in [5.74, 6) is 0.684. The fraction of sp³-hybridized carbons (Fsp3) is 0.143. The Morgan fingerprint density at radius 3 is 2.43 bits per heavy atom. The lowest BCUT2D eigenvalue weighted by molar-refractivity contribution is 0.369. The Bertz CT molecular complexity index is 853. The van der Waals surface area contributed by atoms with Crippen LogP contribution in [0.15, 0.2) is 30.5 Å². The highest BCUT2D eigenvalue weighted by atomic mass is 35.5. The highest BCUT2D eigenvalue weighted by Crippen LogP contribution is 2.35. The predicted molar refractivity (Wildman–Crippen MR) is 85.5 cm³/mol. The van der Waals surface area contributed by atoms with E-state index in [-0.39, 0.29) is 5.15 Å². The molecule has 0 aliphatic heterocycles. The molecule has 0 amide bonds. The van der Waals surface area contributed by atoms with Gasteiger partial charge >= 0.3 is 0 Å². The molecule has 0 fully saturated rings. The maximum atomic E-state index is 6.15. The highest BCUT2D eigenvalue weighted by molar-refractivity contribution is 6.31. The Balaban J connectivity index is 2.25. The fourth-order valence-corrected chi connectivity index (χ4v) is 2.39. The van der Waals surface area contributed by atoms with Crippen LogP contribution in [0.1, 0.15) is 0 Å². The van der Waals surface area contributed by atoms with E-state index < -0.39 is 0 Å². The molecule has 3 rings (SSSR count). The molecule has 2 heterocycles. The van der Waals surface area contributed by atoms with Crippen LogP contribution < -0.4 is 9.47 Å². The third-order valence-corrected chi connectivity index (χ3v) is 3.51. The van der Waals surface area contributed by atoms with Crippen molar-refractivity contribution in [2.24, 2.45) is 0 Å². The molecule has 3 aromatic rings. The Morgan fingerprint density at radius 1 is 0.957 bits per heavy atom. The van der Waals surface area contributed by atoms with Crippen LogP contribution in [0.5, 0.6) is 11.8 Å². The third kappa shape index (κ3) is 3.06. The molecule has 0 saturated carbocycles. The molecule has 23 heavy (non-hydrogen) atoms. The third-order valence-electron chi connectivity index (χ3n) is 3.10. The number of hydrogen-bond acceptors (Lipinski definition) is 6. The van der Waals surface area contributed by atoms with E-state index in [4.69, 9.17) is 32.7 Å². The zero-order chi connectivity index (χ0) is 16.4. The first-order valence-electron chi connectivity index (χ1n) is 6.46. The topological polar surface area (TPSA) is 75.0 Å². The first-order chi connectivity index (χ1) is 11.1. The van der Waals surface area contributed by atoms with Gasteiger partial charge in [-0.2, -0.15) is 0 Å². The smallest absolute Gasteiger partial charge is 0.241 e. The summed E-state index contributed by atoms with van der Waals surface area (Å²) in [7, 11) is 3.02. The number of benzene rings is 1. The summed E-state index contributed by atoms with van der Waals surface area (Å²) < 4.78 is 12.0. The van der Waals surface area contributed by atoms with Gasteiger partial charge in [0, 0.05) is 16.7 Å². The van der Waals surface area contributed by atoms with Crippen LogP contribution in [0.25, 0.3) is 16.8 Å². The quantitative estimate of drug-likeness (QED) is 0.719. The second-order valence-electron chi connectivity index (χ2n) is 4.46. The standard InChI is InChI=1S/C14H11Cl2N5O2/c1-22-13-6-10(14(23-2)19-18-13)9-5-8(15)3-4-11(9)21-7-12(16)17-20-21/h3-7H,1-2H3. The zero-order valence-electron chi connectivity index (χ0n) is 12.2. The summed E-state index contributed by atoms with van der Waals surface area (Å²) in [6.45, 7) is 0. The van der Waals surface area contributed by atoms with Gasteiger partial charge in [0.1, 0.15) is 0 Å². The van der Waals surface area contributed by atoms with Gasteiger partial charge in [0.05, 0.1) is 31.7 Å². The van der Waals surface area contributed by atoms with Crippen molar-refractivity contribution >= 4 is 23.2 Å². The van der Waals surface area contributed by atoms with E-state index >= 15 is 0 Å². The minimum Gasteiger partial charge on any atom is -0.480 e. The van der Waals surface area contributed by atoms with Crippen LogP contribution in [0, 0.1) is 0 Å². The first-order valence-corrected chi connectivity index (χ1v) is 7.22. The number of methoxy groups -OCH3 is 2. The molecule has 118 valence electrons. The SMILES string of the molecule is COc1cc(-c2cc(Cl)ccc2-n2cc(Cl)nn2)c(OC)nn1. The molecular formula is C14H11Cl2N5O2. The number of aromatic nitrogens is 5. The zero-order valence-corrected chi connectivity index (χ0v) is 13.7. The van der Waals surface area contributed by atoms with E-state index in [1.807, 2.05) is 0 Å². The van der Waals surface area contributed by atoms with Gasteiger partial charge in [0.25, 0.3) is 0 Å². The van der Waals surface area contributed by atoms with Gasteiger partial charge in [-0.15, -0.1) is 15.3 Å². The van der Waals surface area contributed by atoms with Crippen LogP contribution in [-0.4, -0.2) is 39.4 Å². The number of hydrogen-bond donors (Lipinski definition) is 0. The minimum absolute atomic E-state index is 0.281. The van der Waals surface area contributed by atoms with Crippen molar-refractivity contribution in [3.8, 4) is 28.6 Å². The maximum Gasteiger partial charge on any atom is 0.241 e. The van der Waals surface area contributed by atoms with Gasteiger partial charge in [-0.25, -0.2) is 4.68 Å². The first kappa shape index (κ1) is 15.5. The molecule has 0 saturated heterocycles. The summed E-state index contributed by atoms with van der Waals surface area (Å²) in [5, 5.41) is 16.5. The lowest BCUT2D eigenvalue weighted by atomic mass is 10.1. The molecule has 0 atom stereocenters. The molecule has 1 aromatic carbocycles. The van der Waals surface area contributed by atoms with Gasteiger partial charge < -0.3 is 9.47 Å². The molecule has 7 nitrogen and oxygen atoms in total. The van der Waals surface area contributed by atoms with E-state index in [1.165, 1.54) is 14.2 Å². The Labute approximate surface area is 141 Å². The van der Waals surface area contributed by atoms with Crippen molar-refractivity contribution in [1.29, 1.82) is 0 Å². The van der Waals surface area contributed by atoms with Gasteiger partial charge in [-0.3, -0.25) is 0 Å². The van der Waals surface area contributed by atoms with Gasteiger partial charge in [0.15, 0.2) is 5.15 Å². The normalized spacial score (nSPS) is 10.6. The van der Waals surface area contributed by atoms with Crippen molar-refractivity contribution in [3.05, 3.63) is 40.6 Å². The summed E-state index contributed by atoms with van der Waals surface area (Å²) in [6, 6.07) is 7.02. The summed E-state index contributed by atoms with van der Waals surface area (Å²) in [6.07, 6.45) is 1.59. The van der Waals surface area contributed by atoms with Crippen molar-refractivity contribution in [1.82, 2.24) is 25.2 Å². The molecule has 0 bridgehead atoms. The molecule has 0 radical (unpaired) electrons. The van der Waals surface area contributed by atoms with Gasteiger partial charge in [-0.1, -0.05) is 28.4 Å². The van der Waals surface area contributed by atoms with Crippen LogP contribution >= 0.6 is 23.2 Å². The highest BCUT2D eigenvalue weighted by Gasteiger charge is 2.17. The molecule has 9 heteroatoms. The van der Waals surface area contributed by atoms with E-state index in [2.05, 4.69) is 20.5 Å². The molecule has 0 aliphatic carbocycles. The average molecular weight is 352 g/mol. The largest absolute Gasteiger partial charge is 0.480 e. The fourth-order valence-electron chi connectivity index (χ4n) is 2.09. The summed E-state index contributed by atoms with van der Waals surface area (Å²) in [4.78, 5) is 0. The molecule has 0 spiro atoms. The summed E-state index contributed by atoms with van der Waals surface area (Å²) in [5.41, 5.74) is 2.09. The van der Waals surface area contributed by atoms with Gasteiger partial charge in [-0.05, 0) is 18.2 Å². The second kappa shape index (κ2) is 6.39. The molecule has 2 aromatic heterocycles. The molecule has 0 unspecified atom stereocenters. The van der Waals surface area contributed by atoms with Crippen LogP contribution in [0.4, 0.5) is 0 Å². The van der Waals surface area contributed by atoms with E-state index in [9.17, 15) is 0 Å². The van der Waals surface area contributed by atoms with E-state index in [1.54, 1.807) is 35.1 Å². The number of nitrogens with zero attached hydrogens (tertiary/aromatic N) is 5. The average Bonchev–Trinajstić information content (AvgIpc) is 3.00. The molecular weight excluding hydrogens is 341 g/mol. The lowest BCUT2D eigenvalue weighted by Gasteiger charge is -2.13. The van der Waals surface area contributed by atoms with Crippen LogP contribution in [0.2, 0.25) is 10.2 Å². The molecule has 0 aliphatic rings. The number of halogens is 2. The lowest BCUT2D eigenvalue weighted by Crippen LogP contribution is -2.02. The Morgan fingerprint density at radius 2 is 1.78 bits per heavy atom. The Hall–Kier alpha value is -2.38. The monoisotopic (exact) mass is 351 g/mol.